The van der Waals surface area contributed by atoms with Crippen molar-refractivity contribution in [3.8, 4) is 0 Å². The molecule has 16 heavy (non-hydrogen) atoms. The summed E-state index contributed by atoms with van der Waals surface area (Å²) >= 11 is 0. The highest BCUT2D eigenvalue weighted by molar-refractivity contribution is 5.55. The van der Waals surface area contributed by atoms with Crippen molar-refractivity contribution in [2.75, 3.05) is 12.6 Å². The molecule has 0 aliphatic heterocycles. The third-order valence-electron chi connectivity index (χ3n) is 3.47. The zero-order valence-corrected chi connectivity index (χ0v) is 10.3. The van der Waals surface area contributed by atoms with Crippen molar-refractivity contribution in [2.45, 2.75) is 45.4 Å². The van der Waals surface area contributed by atoms with Gasteiger partial charge >= 0.3 is 0 Å². The number of anilines is 1. The third kappa shape index (κ3) is 1.92. The first-order valence-corrected chi connectivity index (χ1v) is 6.07. The first kappa shape index (κ1) is 11.4. The van der Waals surface area contributed by atoms with E-state index in [1.165, 1.54) is 29.7 Å². The average molecular weight is 220 g/mol. The Bertz CT molecular complexity index is 376. The summed E-state index contributed by atoms with van der Waals surface area (Å²) in [6.45, 7) is 4.50. The summed E-state index contributed by atoms with van der Waals surface area (Å²) in [5.41, 5.74) is 8.15. The number of nitrogens with zero attached hydrogens (tertiary/aromatic N) is 1. The van der Waals surface area contributed by atoms with Crippen LogP contribution in [0.2, 0.25) is 0 Å². The second kappa shape index (κ2) is 4.83. The minimum Gasteiger partial charge on any atom is -0.279 e. The number of hydrogen-bond donors (Lipinski definition) is 1. The van der Waals surface area contributed by atoms with Crippen LogP contribution in [0.15, 0.2) is 6.20 Å². The molecule has 1 atom stereocenters. The van der Waals surface area contributed by atoms with E-state index in [0.29, 0.717) is 5.92 Å². The molecule has 0 spiro atoms. The van der Waals surface area contributed by atoms with E-state index < -0.39 is 0 Å². The molecule has 1 aromatic heterocycles. The third-order valence-corrected chi connectivity index (χ3v) is 3.47. The topological polar surface area (TPSA) is 34.1 Å². The number of nitrogens with one attached hydrogen (secondary N) is 1. The molecule has 1 aromatic rings. The van der Waals surface area contributed by atoms with Crippen molar-refractivity contribution >= 4 is 5.69 Å². The maximum Gasteiger partial charge on any atom is 0.0825 e. The number of rotatable bonds is 4. The van der Waals surface area contributed by atoms with E-state index in [0.717, 1.165) is 18.5 Å². The van der Waals surface area contributed by atoms with Gasteiger partial charge in [0.05, 0.1) is 19.0 Å². The number of aromatic nitrogens is 1. The van der Waals surface area contributed by atoms with Gasteiger partial charge in [-0.3, -0.25) is 15.3 Å². The summed E-state index contributed by atoms with van der Waals surface area (Å²) in [7, 11) is 1.65. The predicted molar refractivity (Wildman–Crippen MR) is 65.6 cm³/mol. The molecule has 1 unspecified atom stereocenters. The average Bonchev–Trinajstić information content (AvgIpc) is 2.76. The minimum atomic E-state index is 0.562. The molecule has 1 aliphatic rings. The fourth-order valence-corrected chi connectivity index (χ4v) is 2.49. The smallest absolute Gasteiger partial charge is 0.0825 e. The Morgan fingerprint density at radius 1 is 1.50 bits per heavy atom. The van der Waals surface area contributed by atoms with Crippen LogP contribution in [0.25, 0.3) is 0 Å². The Kier molecular flexibility index (Phi) is 3.44. The summed E-state index contributed by atoms with van der Waals surface area (Å²) in [6.07, 6.45) is 6.60. The first-order valence-electron chi connectivity index (χ1n) is 6.07. The highest BCUT2D eigenvalue weighted by Crippen LogP contribution is 2.35. The summed E-state index contributed by atoms with van der Waals surface area (Å²) < 4.78 is 0. The van der Waals surface area contributed by atoms with E-state index in [2.05, 4.69) is 24.3 Å². The van der Waals surface area contributed by atoms with Crippen molar-refractivity contribution in [3.63, 3.8) is 0 Å². The molecule has 0 fully saturated rings. The Labute approximate surface area is 97.2 Å². The Morgan fingerprint density at radius 2 is 2.31 bits per heavy atom. The van der Waals surface area contributed by atoms with Crippen LogP contribution in [0.5, 0.6) is 0 Å². The van der Waals surface area contributed by atoms with Crippen molar-refractivity contribution in [2.24, 2.45) is 0 Å². The zero-order chi connectivity index (χ0) is 11.5. The highest BCUT2D eigenvalue weighted by Gasteiger charge is 2.22. The lowest BCUT2D eigenvalue weighted by Crippen LogP contribution is -2.07. The Hall–Kier alpha value is -1.09. The van der Waals surface area contributed by atoms with Crippen molar-refractivity contribution < 1.29 is 4.84 Å². The SMILES string of the molecule is CCC(C)c1c(NOC)cnc2c1CCC2. The molecule has 0 aromatic carbocycles. The van der Waals surface area contributed by atoms with Gasteiger partial charge in [-0.2, -0.15) is 0 Å². The normalized spacial score (nSPS) is 15.9. The molecule has 3 heteroatoms. The molecular weight excluding hydrogens is 200 g/mol. The summed E-state index contributed by atoms with van der Waals surface area (Å²) in [4.78, 5) is 9.55. The van der Waals surface area contributed by atoms with Crippen LogP contribution in [0.3, 0.4) is 0 Å². The van der Waals surface area contributed by atoms with Crippen LogP contribution >= 0.6 is 0 Å². The van der Waals surface area contributed by atoms with Gasteiger partial charge in [-0.15, -0.1) is 0 Å². The molecule has 0 amide bonds. The van der Waals surface area contributed by atoms with Gasteiger partial charge in [0, 0.05) is 5.69 Å². The minimum absolute atomic E-state index is 0.562. The fraction of sp³-hybridized carbons (Fsp3) is 0.615. The lowest BCUT2D eigenvalue weighted by Gasteiger charge is -2.19. The van der Waals surface area contributed by atoms with E-state index in [-0.39, 0.29) is 0 Å². The predicted octanol–water partition coefficient (Wildman–Crippen LogP) is 3.06. The summed E-state index contributed by atoms with van der Waals surface area (Å²) in [6, 6.07) is 0. The lowest BCUT2D eigenvalue weighted by atomic mass is 9.92. The van der Waals surface area contributed by atoms with E-state index in [1.54, 1.807) is 7.11 Å². The second-order valence-corrected chi connectivity index (χ2v) is 4.48. The van der Waals surface area contributed by atoms with E-state index in [9.17, 15) is 0 Å². The van der Waals surface area contributed by atoms with Gasteiger partial charge in [0.15, 0.2) is 0 Å². The van der Waals surface area contributed by atoms with Crippen LogP contribution in [-0.2, 0) is 17.7 Å². The lowest BCUT2D eigenvalue weighted by molar-refractivity contribution is 0.270. The Balaban J connectivity index is 2.46. The standard InChI is InChI=1S/C13H20N2O/c1-4-9(2)13-10-6-5-7-11(10)14-8-12(13)15-16-3/h8-9,15H,4-7H2,1-3H3. The van der Waals surface area contributed by atoms with Crippen molar-refractivity contribution in [3.05, 3.63) is 23.0 Å². The van der Waals surface area contributed by atoms with Crippen LogP contribution in [0, 0.1) is 0 Å². The van der Waals surface area contributed by atoms with E-state index >= 15 is 0 Å². The quantitative estimate of drug-likeness (QED) is 0.792. The fourth-order valence-electron chi connectivity index (χ4n) is 2.49. The highest BCUT2D eigenvalue weighted by atomic mass is 16.6. The van der Waals surface area contributed by atoms with Crippen LogP contribution in [-0.4, -0.2) is 12.1 Å². The molecule has 88 valence electrons. The van der Waals surface area contributed by atoms with Crippen LogP contribution in [0.1, 0.15) is 49.4 Å². The molecule has 0 bridgehead atoms. The van der Waals surface area contributed by atoms with Gasteiger partial charge in [0.1, 0.15) is 0 Å². The number of pyridine rings is 1. The largest absolute Gasteiger partial charge is 0.279 e. The molecule has 0 saturated carbocycles. The van der Waals surface area contributed by atoms with Crippen molar-refractivity contribution in [1.29, 1.82) is 0 Å². The van der Waals surface area contributed by atoms with Crippen LogP contribution in [0.4, 0.5) is 5.69 Å². The summed E-state index contributed by atoms with van der Waals surface area (Å²) in [5.74, 6) is 0.562. The maximum absolute atomic E-state index is 5.03. The van der Waals surface area contributed by atoms with Crippen LogP contribution < -0.4 is 5.48 Å². The molecule has 2 rings (SSSR count). The second-order valence-electron chi connectivity index (χ2n) is 4.48. The molecule has 0 radical (unpaired) electrons. The number of fused-ring (bicyclic) bond motifs is 1. The van der Waals surface area contributed by atoms with Crippen molar-refractivity contribution in [1.82, 2.24) is 4.98 Å². The maximum atomic E-state index is 5.03. The van der Waals surface area contributed by atoms with Gasteiger partial charge in [-0.1, -0.05) is 13.8 Å². The Morgan fingerprint density at radius 3 is 3.00 bits per heavy atom. The molecule has 1 aliphatic carbocycles. The van der Waals surface area contributed by atoms with Gasteiger partial charge < -0.3 is 0 Å². The van der Waals surface area contributed by atoms with Gasteiger partial charge in [-0.05, 0) is 42.7 Å². The molecular formula is C13H20N2O. The number of hydrogen-bond acceptors (Lipinski definition) is 3. The number of aryl methyl sites for hydroxylation is 1. The monoisotopic (exact) mass is 220 g/mol. The van der Waals surface area contributed by atoms with Gasteiger partial charge in [0.2, 0.25) is 0 Å². The molecule has 1 N–H and O–H groups in total. The molecule has 3 nitrogen and oxygen atoms in total. The van der Waals surface area contributed by atoms with Gasteiger partial charge in [0.25, 0.3) is 0 Å². The van der Waals surface area contributed by atoms with E-state index in [4.69, 9.17) is 4.84 Å². The molecule has 0 saturated heterocycles. The molecule has 1 heterocycles. The van der Waals surface area contributed by atoms with E-state index in [1.807, 2.05) is 6.20 Å². The first-order chi connectivity index (χ1) is 7.77. The summed E-state index contributed by atoms with van der Waals surface area (Å²) in [5, 5.41) is 0. The van der Waals surface area contributed by atoms with Gasteiger partial charge in [-0.25, -0.2) is 0 Å². The zero-order valence-electron chi connectivity index (χ0n) is 10.3.